The van der Waals surface area contributed by atoms with E-state index in [1.54, 1.807) is 7.11 Å². The maximum atomic E-state index is 11.4. The van der Waals surface area contributed by atoms with E-state index in [0.29, 0.717) is 19.6 Å². The normalized spacial score (nSPS) is 11.5. The highest BCUT2D eigenvalue weighted by atomic mass is 16.5. The van der Waals surface area contributed by atoms with E-state index in [4.69, 9.17) is 4.74 Å². The Kier molecular flexibility index (Phi) is 7.34. The average molecular weight is 216 g/mol. The van der Waals surface area contributed by atoms with E-state index >= 15 is 0 Å². The van der Waals surface area contributed by atoms with Crippen LogP contribution in [0.3, 0.4) is 0 Å². The van der Waals surface area contributed by atoms with Crippen LogP contribution in [-0.4, -0.2) is 39.3 Å². The predicted octanol–water partition coefficient (Wildman–Crippen LogP) is 0.775. The van der Waals surface area contributed by atoms with Gasteiger partial charge >= 0.3 is 0 Å². The van der Waals surface area contributed by atoms with Gasteiger partial charge in [0.2, 0.25) is 5.91 Å². The van der Waals surface area contributed by atoms with Crippen molar-refractivity contribution in [2.24, 2.45) is 5.41 Å². The fraction of sp³-hybridized carbons (Fsp3) is 0.909. The van der Waals surface area contributed by atoms with Gasteiger partial charge in [-0.2, -0.15) is 0 Å². The van der Waals surface area contributed by atoms with Crippen LogP contribution in [0.4, 0.5) is 0 Å². The number of ether oxygens (including phenoxy) is 1. The second kappa shape index (κ2) is 7.65. The van der Waals surface area contributed by atoms with Gasteiger partial charge in [0.05, 0.1) is 6.61 Å². The summed E-state index contributed by atoms with van der Waals surface area (Å²) in [6, 6.07) is 0. The molecule has 0 spiro atoms. The molecule has 15 heavy (non-hydrogen) atoms. The monoisotopic (exact) mass is 216 g/mol. The minimum atomic E-state index is 0.0631. The zero-order valence-electron chi connectivity index (χ0n) is 10.4. The number of rotatable bonds is 7. The van der Waals surface area contributed by atoms with Crippen molar-refractivity contribution in [3.8, 4) is 0 Å². The first kappa shape index (κ1) is 14.4. The Hall–Kier alpha value is -0.610. The van der Waals surface area contributed by atoms with E-state index < -0.39 is 0 Å². The molecule has 0 aliphatic carbocycles. The number of carbonyl (C=O) groups is 1. The molecule has 0 unspecified atom stereocenters. The van der Waals surface area contributed by atoms with Gasteiger partial charge in [-0.05, 0) is 5.41 Å². The van der Waals surface area contributed by atoms with Crippen molar-refractivity contribution in [3.63, 3.8) is 0 Å². The highest BCUT2D eigenvalue weighted by Crippen LogP contribution is 2.17. The smallest absolute Gasteiger partial charge is 0.220 e. The maximum absolute atomic E-state index is 11.4. The van der Waals surface area contributed by atoms with Crippen LogP contribution in [0.5, 0.6) is 0 Å². The van der Waals surface area contributed by atoms with Crippen LogP contribution < -0.4 is 10.6 Å². The van der Waals surface area contributed by atoms with Crippen LogP contribution >= 0.6 is 0 Å². The molecule has 90 valence electrons. The van der Waals surface area contributed by atoms with Crippen LogP contribution in [0.2, 0.25) is 0 Å². The summed E-state index contributed by atoms with van der Waals surface area (Å²) >= 11 is 0. The summed E-state index contributed by atoms with van der Waals surface area (Å²) in [4.78, 5) is 11.4. The molecule has 0 fully saturated rings. The maximum Gasteiger partial charge on any atom is 0.220 e. The lowest BCUT2D eigenvalue weighted by Gasteiger charge is -2.17. The van der Waals surface area contributed by atoms with Crippen molar-refractivity contribution in [2.45, 2.75) is 27.2 Å². The van der Waals surface area contributed by atoms with Gasteiger partial charge in [-0.3, -0.25) is 4.79 Å². The second-order valence-electron chi connectivity index (χ2n) is 4.83. The van der Waals surface area contributed by atoms with Crippen molar-refractivity contribution in [1.29, 1.82) is 0 Å². The van der Waals surface area contributed by atoms with Crippen LogP contribution in [0.15, 0.2) is 0 Å². The summed E-state index contributed by atoms with van der Waals surface area (Å²) in [7, 11) is 1.67. The fourth-order valence-corrected chi connectivity index (χ4v) is 1.13. The molecule has 0 aromatic carbocycles. The molecule has 1 amide bonds. The van der Waals surface area contributed by atoms with Crippen LogP contribution in [-0.2, 0) is 9.53 Å². The number of methoxy groups -OCH3 is 1. The quantitative estimate of drug-likeness (QED) is 0.618. The molecule has 2 N–H and O–H groups in total. The van der Waals surface area contributed by atoms with Crippen molar-refractivity contribution < 1.29 is 9.53 Å². The third-order valence-electron chi connectivity index (χ3n) is 1.80. The van der Waals surface area contributed by atoms with Gasteiger partial charge in [-0.1, -0.05) is 20.8 Å². The Morgan fingerprint density at radius 3 is 2.40 bits per heavy atom. The van der Waals surface area contributed by atoms with E-state index in [1.165, 1.54) is 0 Å². The summed E-state index contributed by atoms with van der Waals surface area (Å²) in [5.41, 5.74) is 0.0631. The highest BCUT2D eigenvalue weighted by molar-refractivity contribution is 5.76. The summed E-state index contributed by atoms with van der Waals surface area (Å²) in [6.07, 6.45) is 0.574. The summed E-state index contributed by atoms with van der Waals surface area (Å²) in [6.45, 7) is 9.18. The van der Waals surface area contributed by atoms with Crippen LogP contribution in [0.1, 0.15) is 27.2 Å². The number of hydrogen-bond donors (Lipinski definition) is 2. The largest absolute Gasteiger partial charge is 0.383 e. The van der Waals surface area contributed by atoms with Gasteiger partial charge in [-0.15, -0.1) is 0 Å². The molecule has 0 heterocycles. The van der Waals surface area contributed by atoms with Gasteiger partial charge in [-0.25, -0.2) is 0 Å². The zero-order chi connectivity index (χ0) is 11.7. The summed E-state index contributed by atoms with van der Waals surface area (Å²) < 4.78 is 4.89. The number of carbonyl (C=O) groups excluding carboxylic acids is 1. The van der Waals surface area contributed by atoms with Crippen molar-refractivity contribution in [3.05, 3.63) is 0 Å². The molecule has 0 radical (unpaired) electrons. The first-order valence-electron chi connectivity index (χ1n) is 5.42. The Labute approximate surface area is 92.8 Å². The topological polar surface area (TPSA) is 50.4 Å². The first-order valence-corrected chi connectivity index (χ1v) is 5.42. The SMILES string of the molecule is COCCNCCNC(=O)CC(C)(C)C. The van der Waals surface area contributed by atoms with E-state index in [-0.39, 0.29) is 11.3 Å². The summed E-state index contributed by atoms with van der Waals surface area (Å²) in [5, 5.41) is 6.04. The third kappa shape index (κ3) is 11.3. The molecule has 0 saturated heterocycles. The molecule has 0 rings (SSSR count). The van der Waals surface area contributed by atoms with Gasteiger partial charge in [0, 0.05) is 33.2 Å². The third-order valence-corrected chi connectivity index (χ3v) is 1.80. The number of hydrogen-bond acceptors (Lipinski definition) is 3. The minimum Gasteiger partial charge on any atom is -0.383 e. The van der Waals surface area contributed by atoms with E-state index in [9.17, 15) is 4.79 Å². The second-order valence-corrected chi connectivity index (χ2v) is 4.83. The lowest BCUT2D eigenvalue weighted by molar-refractivity contribution is -0.122. The summed E-state index contributed by atoms with van der Waals surface area (Å²) in [5.74, 6) is 0.121. The standard InChI is InChI=1S/C11H24N2O2/c1-11(2,3)9-10(14)13-6-5-12-7-8-15-4/h12H,5-9H2,1-4H3,(H,13,14). The highest BCUT2D eigenvalue weighted by Gasteiger charge is 2.14. The Balaban J connectivity index is 3.32. The molecule has 0 aliphatic heterocycles. The molecule has 0 saturated carbocycles. The Bertz CT molecular complexity index is 176. The number of nitrogens with one attached hydrogen (secondary N) is 2. The zero-order valence-corrected chi connectivity index (χ0v) is 10.4. The van der Waals surface area contributed by atoms with Gasteiger partial charge < -0.3 is 15.4 Å². The molecular formula is C11H24N2O2. The van der Waals surface area contributed by atoms with Crippen LogP contribution in [0, 0.1) is 5.41 Å². The lowest BCUT2D eigenvalue weighted by Crippen LogP contribution is -2.34. The number of amides is 1. The van der Waals surface area contributed by atoms with E-state index in [0.717, 1.165) is 13.1 Å². The molecule has 0 bridgehead atoms. The van der Waals surface area contributed by atoms with Crippen LogP contribution in [0.25, 0.3) is 0 Å². The molecule has 0 aromatic rings. The fourth-order valence-electron chi connectivity index (χ4n) is 1.13. The Morgan fingerprint density at radius 1 is 1.20 bits per heavy atom. The van der Waals surface area contributed by atoms with Crippen molar-refractivity contribution in [2.75, 3.05) is 33.4 Å². The predicted molar refractivity (Wildman–Crippen MR) is 61.8 cm³/mol. The molecule has 0 aromatic heterocycles. The minimum absolute atomic E-state index is 0.0631. The van der Waals surface area contributed by atoms with E-state index in [1.807, 2.05) is 0 Å². The molecular weight excluding hydrogens is 192 g/mol. The van der Waals surface area contributed by atoms with E-state index in [2.05, 4.69) is 31.4 Å². The van der Waals surface area contributed by atoms with Gasteiger partial charge in [0.15, 0.2) is 0 Å². The molecule has 0 aliphatic rings. The van der Waals surface area contributed by atoms with Gasteiger partial charge in [0.1, 0.15) is 0 Å². The molecule has 4 nitrogen and oxygen atoms in total. The van der Waals surface area contributed by atoms with Crippen molar-refractivity contribution >= 4 is 5.91 Å². The molecule has 4 heteroatoms. The molecule has 0 atom stereocenters. The average Bonchev–Trinajstić information content (AvgIpc) is 2.08. The first-order chi connectivity index (χ1) is 6.95. The van der Waals surface area contributed by atoms with Gasteiger partial charge in [0.25, 0.3) is 0 Å². The van der Waals surface area contributed by atoms with Crippen molar-refractivity contribution in [1.82, 2.24) is 10.6 Å². The lowest BCUT2D eigenvalue weighted by atomic mass is 9.92. The Morgan fingerprint density at radius 2 is 1.87 bits per heavy atom.